The lowest BCUT2D eigenvalue weighted by Gasteiger charge is -2.43. The van der Waals surface area contributed by atoms with Gasteiger partial charge in [0.2, 0.25) is 0 Å². The molecule has 3 fully saturated rings. The molecule has 0 saturated heterocycles. The lowest BCUT2D eigenvalue weighted by molar-refractivity contribution is 0.0900. The molecule has 0 N–H and O–H groups in total. The van der Waals surface area contributed by atoms with Crippen molar-refractivity contribution in [3.63, 3.8) is 0 Å². The van der Waals surface area contributed by atoms with Crippen molar-refractivity contribution in [3.05, 3.63) is 0 Å². The quantitative estimate of drug-likeness (QED) is 0.0533. The molecule has 8 atom stereocenters. The van der Waals surface area contributed by atoms with E-state index >= 15 is 0 Å². The molecule has 0 nitrogen and oxygen atoms in total. The molecule has 3 aliphatic carbocycles. The van der Waals surface area contributed by atoms with E-state index in [1.165, 1.54) is 417 Å². The summed E-state index contributed by atoms with van der Waals surface area (Å²) in [6.07, 6.45) is 111. The van der Waals surface area contributed by atoms with Crippen molar-refractivity contribution in [1.29, 1.82) is 0 Å². The number of unbranched alkanes of at least 4 members (excludes halogenated alkanes) is 24. The first-order valence-electron chi connectivity index (χ1n) is 56.5. The molecule has 3 aliphatic rings. The smallest absolute Gasteiger partial charge is 0.0292 e. The van der Waals surface area contributed by atoms with E-state index in [1.807, 2.05) is 83.1 Å². The molecule has 0 aromatic carbocycles. The molecule has 8 unspecified atom stereocenters. The molecule has 0 aromatic heterocycles. The first-order chi connectivity index (χ1) is 56.5. The van der Waals surface area contributed by atoms with Crippen molar-refractivity contribution < 1.29 is 0 Å². The van der Waals surface area contributed by atoms with Crippen LogP contribution in [0.4, 0.5) is 0 Å². The summed E-state index contributed by atoms with van der Waals surface area (Å²) in [4.78, 5) is 0. The minimum Gasteiger partial charge on any atom is -0.0683 e. The van der Waals surface area contributed by atoms with Gasteiger partial charge in [0.1, 0.15) is 0 Å². The lowest BCUT2D eigenvalue weighted by atomic mass is 9.63. The van der Waals surface area contributed by atoms with Gasteiger partial charge in [-0.05, 0) is 152 Å². The minimum atomic E-state index is 0.702. The van der Waals surface area contributed by atoms with E-state index < -0.39 is 0 Å². The second-order valence-corrected chi connectivity index (χ2v) is 40.3. The SMILES string of the molecule is CC.CC.CC.CC.CC.CC.CC(C)CCCC(C)CCCC(C)CCC1(CCC(C)CCCC(C)CCCC(C)C)CCCCC1.CCCCCCC(CCCC)CC1(CC(CCCC)CCCCCC)CCCCC1.CCCCCCCCC(CCCCCC)CC1(CC(CCCCCC)CCCCCCCC)CCCCC1. The van der Waals surface area contributed by atoms with Crippen LogP contribution in [0.3, 0.4) is 0 Å². The summed E-state index contributed by atoms with van der Waals surface area (Å²) in [6, 6.07) is 0. The van der Waals surface area contributed by atoms with Crippen LogP contribution in [-0.4, -0.2) is 0 Å². The fourth-order valence-corrected chi connectivity index (χ4v) is 21.3. The normalized spacial score (nSPS) is 16.7. The average molecular weight is 1640 g/mol. The maximum Gasteiger partial charge on any atom is -0.0292 e. The van der Waals surface area contributed by atoms with E-state index in [1.54, 1.807) is 64.2 Å². The maximum absolute atomic E-state index is 2.56. The van der Waals surface area contributed by atoms with Gasteiger partial charge in [0.25, 0.3) is 0 Å². The van der Waals surface area contributed by atoms with E-state index in [2.05, 4.69) is 111 Å². The van der Waals surface area contributed by atoms with Crippen molar-refractivity contribution in [1.82, 2.24) is 0 Å². The third kappa shape index (κ3) is 81.1. The van der Waals surface area contributed by atoms with E-state index in [4.69, 9.17) is 0 Å². The van der Waals surface area contributed by atoms with E-state index in [0.717, 1.165) is 59.2 Å². The molecular formula is C116H244. The summed E-state index contributed by atoms with van der Waals surface area (Å²) in [5.74, 6) is 9.56. The Hall–Kier alpha value is 0. The summed E-state index contributed by atoms with van der Waals surface area (Å²) in [6.45, 7) is 62.5. The molecule has 0 heteroatoms. The van der Waals surface area contributed by atoms with Crippen LogP contribution < -0.4 is 0 Å². The zero-order valence-electron chi connectivity index (χ0n) is 88.3. The topological polar surface area (TPSA) is 0 Å². The Balaban J connectivity index is -0.000000368. The van der Waals surface area contributed by atoms with Gasteiger partial charge in [-0.3, -0.25) is 0 Å². The first kappa shape index (κ1) is 127. The maximum atomic E-state index is 2.56. The molecular weight excluding hydrogens is 1390 g/mol. The van der Waals surface area contributed by atoms with Crippen LogP contribution in [-0.2, 0) is 0 Å². The van der Waals surface area contributed by atoms with Crippen molar-refractivity contribution in [3.8, 4) is 0 Å². The van der Waals surface area contributed by atoms with Gasteiger partial charge >= 0.3 is 0 Å². The van der Waals surface area contributed by atoms with Crippen LogP contribution >= 0.6 is 0 Å². The minimum absolute atomic E-state index is 0.702. The molecule has 116 heavy (non-hydrogen) atoms. The summed E-state index contributed by atoms with van der Waals surface area (Å²) in [7, 11) is 0. The predicted molar refractivity (Wildman–Crippen MR) is 547 cm³/mol. The largest absolute Gasteiger partial charge is 0.0683 e. The first-order valence-corrected chi connectivity index (χ1v) is 56.5. The van der Waals surface area contributed by atoms with Crippen LogP contribution in [0.1, 0.15) is 675 Å². The van der Waals surface area contributed by atoms with Gasteiger partial charge < -0.3 is 0 Å². The average Bonchev–Trinajstić information content (AvgIpc) is 0.843. The number of rotatable bonds is 70. The highest BCUT2D eigenvalue weighted by Crippen LogP contribution is 2.52. The van der Waals surface area contributed by atoms with Crippen LogP contribution in [0, 0.1) is 75.4 Å². The van der Waals surface area contributed by atoms with Crippen LogP contribution in [0.5, 0.6) is 0 Å². The lowest BCUT2D eigenvalue weighted by Crippen LogP contribution is -2.30. The highest BCUT2D eigenvalue weighted by atomic mass is 14.4. The van der Waals surface area contributed by atoms with Gasteiger partial charge in [-0.2, -0.15) is 0 Å². The van der Waals surface area contributed by atoms with Gasteiger partial charge in [0, 0.05) is 0 Å². The highest BCUT2D eigenvalue weighted by molar-refractivity contribution is 4.90. The van der Waals surface area contributed by atoms with E-state index in [0.29, 0.717) is 16.2 Å². The molecule has 0 spiro atoms. The Labute approximate surface area is 746 Å². The summed E-state index contributed by atoms with van der Waals surface area (Å²) >= 11 is 0. The summed E-state index contributed by atoms with van der Waals surface area (Å²) < 4.78 is 0. The van der Waals surface area contributed by atoms with Crippen LogP contribution in [0.25, 0.3) is 0 Å². The van der Waals surface area contributed by atoms with E-state index in [9.17, 15) is 0 Å². The third-order valence-corrected chi connectivity index (χ3v) is 28.4. The molecule has 0 radical (unpaired) electrons. The number of hydrogen-bond donors (Lipinski definition) is 0. The second kappa shape index (κ2) is 98.8. The third-order valence-electron chi connectivity index (χ3n) is 28.4. The zero-order chi connectivity index (χ0) is 88.3. The molecule has 0 aromatic rings. The van der Waals surface area contributed by atoms with Gasteiger partial charge in [0.05, 0.1) is 0 Å². The molecule has 0 aliphatic heterocycles. The Morgan fingerprint density at radius 1 is 0.164 bits per heavy atom. The standard InChI is InChI=1S/C38H76.C36H72.C30H60.6C2H6/c1-5-9-13-17-19-24-30-36(28-22-15-11-7-3)34-38(32-26-21-27-33-38)35-37(29-23-16-12-8-4)31-25-20-18-14-10-6-2;1-30(2)16-12-18-32(5)20-14-22-34(7)24-28-36(26-10-9-11-27-36)29-25-35(8)23-15-21-33(6)19-13-17-31(3)4;1-5-9-13-16-22-28(20-11-7-3)26-30(24-18-15-19-25-30)27-29(21-12-8-4)23-17-14-10-6-2;6*1-2/h36-37H,5-35H2,1-4H3;30-35H,9-29H2,1-8H3;28-29H,5-27H2,1-4H3;6*1-2H3. The van der Waals surface area contributed by atoms with Crippen molar-refractivity contribution >= 4 is 0 Å². The summed E-state index contributed by atoms with van der Waals surface area (Å²) in [5.41, 5.74) is 2.12. The highest BCUT2D eigenvalue weighted by Gasteiger charge is 2.38. The molecule has 0 amide bonds. The second-order valence-electron chi connectivity index (χ2n) is 40.3. The fourth-order valence-electron chi connectivity index (χ4n) is 21.3. The molecule has 3 rings (SSSR count). The Bertz CT molecular complexity index is 1580. The van der Waals surface area contributed by atoms with Crippen molar-refractivity contribution in [2.24, 2.45) is 75.4 Å². The van der Waals surface area contributed by atoms with Crippen LogP contribution in [0.2, 0.25) is 0 Å². The zero-order valence-corrected chi connectivity index (χ0v) is 88.3. The fraction of sp³-hybridized carbons (Fsp3) is 1.00. The Morgan fingerprint density at radius 2 is 0.336 bits per heavy atom. The van der Waals surface area contributed by atoms with Crippen molar-refractivity contribution in [2.75, 3.05) is 0 Å². The Kier molecular flexibility index (Phi) is 108. The predicted octanol–water partition coefficient (Wildman–Crippen LogP) is 44.9. The molecule has 0 heterocycles. The van der Waals surface area contributed by atoms with Gasteiger partial charge in [-0.1, -0.05) is 598 Å². The van der Waals surface area contributed by atoms with Gasteiger partial charge in [-0.25, -0.2) is 0 Å². The van der Waals surface area contributed by atoms with Crippen molar-refractivity contribution in [2.45, 2.75) is 675 Å². The monoisotopic (exact) mass is 1640 g/mol. The van der Waals surface area contributed by atoms with Gasteiger partial charge in [-0.15, -0.1) is 0 Å². The molecule has 0 bridgehead atoms. The number of hydrogen-bond acceptors (Lipinski definition) is 0. The van der Waals surface area contributed by atoms with E-state index in [-0.39, 0.29) is 0 Å². The van der Waals surface area contributed by atoms with Gasteiger partial charge in [0.15, 0.2) is 0 Å². The Morgan fingerprint density at radius 3 is 0.552 bits per heavy atom. The molecule has 708 valence electrons. The van der Waals surface area contributed by atoms with Crippen LogP contribution in [0.15, 0.2) is 0 Å². The summed E-state index contributed by atoms with van der Waals surface area (Å²) in [5, 5.41) is 0. The molecule has 3 saturated carbocycles.